The first kappa shape index (κ1) is 14.4. The number of hydrogen-bond donors (Lipinski definition) is 1. The summed E-state index contributed by atoms with van der Waals surface area (Å²) in [4.78, 5) is 1.97. The van der Waals surface area contributed by atoms with E-state index in [4.69, 9.17) is 4.74 Å². The van der Waals surface area contributed by atoms with Crippen LogP contribution in [0.4, 0.5) is 4.39 Å². The Morgan fingerprint density at radius 2 is 2.21 bits per heavy atom. The highest BCUT2D eigenvalue weighted by atomic mass is 19.1. The molecule has 1 heterocycles. The minimum Gasteiger partial charge on any atom is -0.377 e. The molecule has 1 aromatic rings. The highest BCUT2D eigenvalue weighted by Crippen LogP contribution is 2.15. The molecule has 0 bridgehead atoms. The summed E-state index contributed by atoms with van der Waals surface area (Å²) < 4.78 is 19.4. The fourth-order valence-corrected chi connectivity index (χ4v) is 2.42. The zero-order valence-electron chi connectivity index (χ0n) is 11.9. The van der Waals surface area contributed by atoms with Crippen LogP contribution < -0.4 is 5.32 Å². The molecule has 0 radical (unpaired) electrons. The van der Waals surface area contributed by atoms with Crippen molar-refractivity contribution in [2.75, 3.05) is 20.7 Å². The average molecular weight is 266 g/mol. The van der Waals surface area contributed by atoms with E-state index in [1.54, 1.807) is 6.07 Å². The van der Waals surface area contributed by atoms with Gasteiger partial charge in [-0.2, -0.15) is 0 Å². The SMILES string of the molecule is C[C@H]1OCC[C@@H]1NCc1ccc(CN(C)C)c(F)c1. The molecule has 1 aromatic carbocycles. The number of nitrogens with zero attached hydrogens (tertiary/aromatic N) is 1. The Bertz CT molecular complexity index is 423. The summed E-state index contributed by atoms with van der Waals surface area (Å²) in [5.41, 5.74) is 1.73. The smallest absolute Gasteiger partial charge is 0.128 e. The van der Waals surface area contributed by atoms with Gasteiger partial charge in [0.1, 0.15) is 5.82 Å². The van der Waals surface area contributed by atoms with Crippen molar-refractivity contribution in [3.63, 3.8) is 0 Å². The zero-order valence-corrected chi connectivity index (χ0v) is 11.9. The molecule has 4 heteroatoms. The van der Waals surface area contributed by atoms with Crippen molar-refractivity contribution >= 4 is 0 Å². The third kappa shape index (κ3) is 4.00. The van der Waals surface area contributed by atoms with E-state index < -0.39 is 0 Å². The molecule has 1 aliphatic rings. The lowest BCUT2D eigenvalue weighted by atomic mass is 10.1. The van der Waals surface area contributed by atoms with E-state index in [1.165, 1.54) is 0 Å². The second kappa shape index (κ2) is 6.46. The molecule has 3 nitrogen and oxygen atoms in total. The van der Waals surface area contributed by atoms with E-state index in [-0.39, 0.29) is 11.9 Å². The normalized spacial score (nSPS) is 23.2. The molecule has 0 saturated carbocycles. The maximum atomic E-state index is 13.9. The number of benzene rings is 1. The van der Waals surface area contributed by atoms with Gasteiger partial charge in [-0.1, -0.05) is 12.1 Å². The summed E-state index contributed by atoms with van der Waals surface area (Å²) in [5, 5.41) is 3.43. The molecular formula is C15H23FN2O. The average Bonchev–Trinajstić information content (AvgIpc) is 2.75. The first-order valence-corrected chi connectivity index (χ1v) is 6.83. The second-order valence-electron chi connectivity index (χ2n) is 5.52. The van der Waals surface area contributed by atoms with E-state index in [2.05, 4.69) is 12.2 Å². The van der Waals surface area contributed by atoms with E-state index >= 15 is 0 Å². The summed E-state index contributed by atoms with van der Waals surface area (Å²) in [5.74, 6) is -0.122. The molecule has 1 aliphatic heterocycles. The lowest BCUT2D eigenvalue weighted by Gasteiger charge is -2.16. The van der Waals surface area contributed by atoms with Gasteiger partial charge in [-0.05, 0) is 39.1 Å². The molecule has 0 aliphatic carbocycles. The molecule has 106 valence electrons. The number of halogens is 1. The minimum absolute atomic E-state index is 0.122. The Hall–Kier alpha value is -0.970. The van der Waals surface area contributed by atoms with E-state index in [1.807, 2.05) is 31.1 Å². The molecule has 0 aromatic heterocycles. The number of rotatable bonds is 5. The van der Waals surface area contributed by atoms with Crippen LogP contribution in [0.5, 0.6) is 0 Å². The number of ether oxygens (including phenoxy) is 1. The molecule has 1 N–H and O–H groups in total. The van der Waals surface area contributed by atoms with Gasteiger partial charge in [-0.15, -0.1) is 0 Å². The lowest BCUT2D eigenvalue weighted by molar-refractivity contribution is 0.113. The minimum atomic E-state index is -0.122. The number of hydrogen-bond acceptors (Lipinski definition) is 3. The maximum Gasteiger partial charge on any atom is 0.128 e. The van der Waals surface area contributed by atoms with Gasteiger partial charge < -0.3 is 15.0 Å². The van der Waals surface area contributed by atoms with Crippen LogP contribution in [0.3, 0.4) is 0 Å². The highest BCUT2D eigenvalue weighted by Gasteiger charge is 2.23. The van der Waals surface area contributed by atoms with Crippen molar-refractivity contribution in [3.05, 3.63) is 35.1 Å². The van der Waals surface area contributed by atoms with Crippen LogP contribution in [0.15, 0.2) is 18.2 Å². The maximum absolute atomic E-state index is 13.9. The van der Waals surface area contributed by atoms with Crippen molar-refractivity contribution in [2.45, 2.75) is 38.6 Å². The van der Waals surface area contributed by atoms with Gasteiger partial charge in [-0.3, -0.25) is 0 Å². The fourth-order valence-electron chi connectivity index (χ4n) is 2.42. The third-order valence-electron chi connectivity index (χ3n) is 3.55. The Kier molecular flexibility index (Phi) is 4.91. The van der Waals surface area contributed by atoms with Crippen molar-refractivity contribution < 1.29 is 9.13 Å². The Balaban J connectivity index is 1.92. The van der Waals surface area contributed by atoms with Crippen LogP contribution >= 0.6 is 0 Å². The molecule has 0 amide bonds. The van der Waals surface area contributed by atoms with E-state index in [9.17, 15) is 4.39 Å². The van der Waals surface area contributed by atoms with Gasteiger partial charge in [0.15, 0.2) is 0 Å². The lowest BCUT2D eigenvalue weighted by Crippen LogP contribution is -2.34. The Morgan fingerprint density at radius 1 is 1.42 bits per heavy atom. The predicted molar refractivity (Wildman–Crippen MR) is 74.4 cm³/mol. The molecule has 0 spiro atoms. The quantitative estimate of drug-likeness (QED) is 0.884. The standard InChI is InChI=1S/C15H23FN2O/c1-11-15(6-7-19-11)17-9-12-4-5-13(10-18(2)3)14(16)8-12/h4-5,8,11,15,17H,6-7,9-10H2,1-3H3/t11-,15+/m1/s1. The topological polar surface area (TPSA) is 24.5 Å². The first-order valence-electron chi connectivity index (χ1n) is 6.83. The van der Waals surface area contributed by atoms with Crippen LogP contribution in [-0.2, 0) is 17.8 Å². The zero-order chi connectivity index (χ0) is 13.8. The summed E-state index contributed by atoms with van der Waals surface area (Å²) in [6.07, 6.45) is 1.28. The van der Waals surface area contributed by atoms with Gasteiger partial charge in [0, 0.05) is 31.3 Å². The summed E-state index contributed by atoms with van der Waals surface area (Å²) >= 11 is 0. The predicted octanol–water partition coefficient (Wildman–Crippen LogP) is 2.15. The van der Waals surface area contributed by atoms with Crippen molar-refractivity contribution in [3.8, 4) is 0 Å². The first-order chi connectivity index (χ1) is 9.06. The Labute approximate surface area is 114 Å². The third-order valence-corrected chi connectivity index (χ3v) is 3.55. The molecule has 0 unspecified atom stereocenters. The van der Waals surface area contributed by atoms with Gasteiger partial charge >= 0.3 is 0 Å². The van der Waals surface area contributed by atoms with Crippen LogP contribution in [0.2, 0.25) is 0 Å². The molecular weight excluding hydrogens is 243 g/mol. The van der Waals surface area contributed by atoms with E-state index in [0.717, 1.165) is 24.2 Å². The van der Waals surface area contributed by atoms with Crippen LogP contribution in [0, 0.1) is 5.82 Å². The summed E-state index contributed by atoms with van der Waals surface area (Å²) in [6, 6.07) is 5.88. The number of nitrogens with one attached hydrogen (secondary N) is 1. The van der Waals surface area contributed by atoms with Crippen LogP contribution in [0.1, 0.15) is 24.5 Å². The monoisotopic (exact) mass is 266 g/mol. The second-order valence-corrected chi connectivity index (χ2v) is 5.52. The molecule has 2 atom stereocenters. The summed E-state index contributed by atoms with van der Waals surface area (Å²) in [7, 11) is 3.88. The fraction of sp³-hybridized carbons (Fsp3) is 0.600. The molecule has 1 fully saturated rings. The van der Waals surface area contributed by atoms with Crippen molar-refractivity contribution in [1.82, 2.24) is 10.2 Å². The molecule has 1 saturated heterocycles. The largest absolute Gasteiger partial charge is 0.377 e. The van der Waals surface area contributed by atoms with Crippen LogP contribution in [0.25, 0.3) is 0 Å². The van der Waals surface area contributed by atoms with Gasteiger partial charge in [0.05, 0.1) is 6.10 Å². The molecule has 2 rings (SSSR count). The van der Waals surface area contributed by atoms with Gasteiger partial charge in [0.25, 0.3) is 0 Å². The Morgan fingerprint density at radius 3 is 2.79 bits per heavy atom. The molecule has 19 heavy (non-hydrogen) atoms. The van der Waals surface area contributed by atoms with Crippen LogP contribution in [-0.4, -0.2) is 37.7 Å². The van der Waals surface area contributed by atoms with Gasteiger partial charge in [0.2, 0.25) is 0 Å². The summed E-state index contributed by atoms with van der Waals surface area (Å²) in [6.45, 7) is 4.21. The van der Waals surface area contributed by atoms with Crippen molar-refractivity contribution in [1.29, 1.82) is 0 Å². The van der Waals surface area contributed by atoms with Gasteiger partial charge in [-0.25, -0.2) is 4.39 Å². The highest BCUT2D eigenvalue weighted by molar-refractivity contribution is 5.24. The van der Waals surface area contributed by atoms with Crippen molar-refractivity contribution in [2.24, 2.45) is 0 Å². The van der Waals surface area contributed by atoms with E-state index in [0.29, 0.717) is 19.1 Å².